The van der Waals surface area contributed by atoms with E-state index < -0.39 is 12.0 Å². The number of aliphatic carboxylic acids is 1. The number of carbonyl (C=O) groups excluding carboxylic acids is 1. The fourth-order valence-electron chi connectivity index (χ4n) is 2.15. The Balaban J connectivity index is 0.00000576. The van der Waals surface area contributed by atoms with Gasteiger partial charge in [-0.05, 0) is 45.5 Å². The second kappa shape index (κ2) is 10.8. The molecule has 1 aromatic carbocycles. The Labute approximate surface area is 154 Å². The predicted molar refractivity (Wildman–Crippen MR) is 97.7 cm³/mol. The zero-order valence-corrected chi connectivity index (χ0v) is 16.1. The van der Waals surface area contributed by atoms with E-state index in [0.29, 0.717) is 18.1 Å². The third-order valence-corrected chi connectivity index (χ3v) is 3.78. The van der Waals surface area contributed by atoms with Gasteiger partial charge in [0.15, 0.2) is 11.5 Å². The summed E-state index contributed by atoms with van der Waals surface area (Å²) in [4.78, 5) is 24.5. The number of hydrogen-bond acceptors (Lipinski definition) is 5. The van der Waals surface area contributed by atoms with Crippen LogP contribution in [0.2, 0.25) is 0 Å². The summed E-state index contributed by atoms with van der Waals surface area (Å²) in [5.74, 6) is 0.0462. The number of hydrogen-bond donors (Lipinski definition) is 2. The maximum atomic E-state index is 12.1. The number of benzene rings is 1. The topological polar surface area (TPSA) is 88.1 Å². The molecule has 0 saturated carbocycles. The van der Waals surface area contributed by atoms with Crippen LogP contribution in [0.25, 0.3) is 0 Å². The van der Waals surface area contributed by atoms with Crippen LogP contribution in [-0.2, 0) is 9.59 Å². The van der Waals surface area contributed by atoms with Gasteiger partial charge in [0.05, 0.1) is 26.3 Å². The van der Waals surface area contributed by atoms with Crippen molar-refractivity contribution in [1.29, 1.82) is 0 Å². The molecular weight excluding hydrogens is 348 g/mol. The fraction of sp³-hybridized carbons (Fsp3) is 0.529. The number of carbonyl (C=O) groups is 2. The van der Waals surface area contributed by atoms with E-state index in [0.717, 1.165) is 5.56 Å². The summed E-state index contributed by atoms with van der Waals surface area (Å²) in [5, 5.41) is 11.8. The lowest BCUT2D eigenvalue weighted by Gasteiger charge is -2.22. The first-order valence-corrected chi connectivity index (χ1v) is 7.83. The quantitative estimate of drug-likeness (QED) is 0.688. The summed E-state index contributed by atoms with van der Waals surface area (Å²) in [6, 6.07) is 4.52. The third-order valence-electron chi connectivity index (χ3n) is 3.78. The van der Waals surface area contributed by atoms with Crippen LogP contribution in [0.5, 0.6) is 11.5 Å². The van der Waals surface area contributed by atoms with Gasteiger partial charge < -0.3 is 19.9 Å². The van der Waals surface area contributed by atoms with Crippen LogP contribution in [0, 0.1) is 0 Å². The van der Waals surface area contributed by atoms with Crippen LogP contribution in [0.3, 0.4) is 0 Å². The molecule has 0 aliphatic heterocycles. The predicted octanol–water partition coefficient (Wildman–Crippen LogP) is 2.10. The van der Waals surface area contributed by atoms with Crippen molar-refractivity contribution in [3.8, 4) is 11.5 Å². The summed E-state index contributed by atoms with van der Waals surface area (Å²) < 4.78 is 10.8. The summed E-state index contributed by atoms with van der Waals surface area (Å²) in [6.45, 7) is 5.83. The van der Waals surface area contributed by atoms with Gasteiger partial charge in [0.1, 0.15) is 6.04 Å². The molecule has 0 bridgehead atoms. The van der Waals surface area contributed by atoms with E-state index in [1.807, 2.05) is 26.0 Å². The van der Waals surface area contributed by atoms with Gasteiger partial charge in [-0.15, -0.1) is 12.4 Å². The van der Waals surface area contributed by atoms with Gasteiger partial charge in [-0.1, -0.05) is 6.07 Å². The number of ether oxygens (including phenoxy) is 2. The lowest BCUT2D eigenvalue weighted by atomic mass is 10.1. The van der Waals surface area contributed by atoms with Crippen LogP contribution in [0.15, 0.2) is 18.2 Å². The van der Waals surface area contributed by atoms with E-state index in [-0.39, 0.29) is 30.9 Å². The zero-order valence-electron chi connectivity index (χ0n) is 15.2. The van der Waals surface area contributed by atoms with Crippen LogP contribution in [-0.4, -0.2) is 55.2 Å². The lowest BCUT2D eigenvalue weighted by molar-refractivity contribution is -0.142. The highest BCUT2D eigenvalue weighted by Gasteiger charge is 2.20. The van der Waals surface area contributed by atoms with Crippen LogP contribution in [0.4, 0.5) is 0 Å². The van der Waals surface area contributed by atoms with Gasteiger partial charge in [-0.2, -0.15) is 0 Å². The molecule has 2 N–H and O–H groups in total. The van der Waals surface area contributed by atoms with Gasteiger partial charge in [0.25, 0.3) is 0 Å². The van der Waals surface area contributed by atoms with E-state index >= 15 is 0 Å². The molecule has 0 aliphatic rings. The van der Waals surface area contributed by atoms with Gasteiger partial charge in [0.2, 0.25) is 5.91 Å². The first-order chi connectivity index (χ1) is 11.3. The number of rotatable bonds is 9. The Bertz CT molecular complexity index is 582. The van der Waals surface area contributed by atoms with Crippen LogP contribution >= 0.6 is 12.4 Å². The minimum Gasteiger partial charge on any atom is -0.493 e. The summed E-state index contributed by atoms with van der Waals surface area (Å²) >= 11 is 0. The molecule has 8 heteroatoms. The number of carboxylic acid groups (broad SMARTS) is 1. The zero-order chi connectivity index (χ0) is 18.3. The van der Waals surface area contributed by atoms with Gasteiger partial charge >= 0.3 is 5.97 Å². The molecule has 2 atom stereocenters. The van der Waals surface area contributed by atoms with Crippen molar-refractivity contribution in [2.24, 2.45) is 0 Å². The Kier molecular flexibility index (Phi) is 9.93. The Morgan fingerprint density at radius 3 is 2.44 bits per heavy atom. The third kappa shape index (κ3) is 6.80. The number of nitrogens with zero attached hydrogens (tertiary/aromatic N) is 1. The monoisotopic (exact) mass is 374 g/mol. The average Bonchev–Trinajstić information content (AvgIpc) is 2.54. The van der Waals surface area contributed by atoms with E-state index in [2.05, 4.69) is 5.32 Å². The molecule has 25 heavy (non-hydrogen) atoms. The highest BCUT2D eigenvalue weighted by molar-refractivity contribution is 5.85. The van der Waals surface area contributed by atoms with Crippen LogP contribution < -0.4 is 14.8 Å². The minimum absolute atomic E-state index is 0. The van der Waals surface area contributed by atoms with Crippen molar-refractivity contribution >= 4 is 24.3 Å². The summed E-state index contributed by atoms with van der Waals surface area (Å²) in [6.07, 6.45) is 0. The maximum Gasteiger partial charge on any atom is 0.320 e. The normalized spacial score (nSPS) is 12.7. The largest absolute Gasteiger partial charge is 0.493 e. The molecule has 0 spiro atoms. The molecule has 0 heterocycles. The molecule has 1 rings (SSSR count). The van der Waals surface area contributed by atoms with Gasteiger partial charge in [-0.3, -0.25) is 14.5 Å². The van der Waals surface area contributed by atoms with E-state index in [1.165, 1.54) is 11.8 Å². The molecule has 0 aromatic heterocycles. The van der Waals surface area contributed by atoms with Crippen molar-refractivity contribution in [3.05, 3.63) is 23.8 Å². The van der Waals surface area contributed by atoms with Crippen LogP contribution in [0.1, 0.15) is 32.4 Å². The number of likely N-dealkylation sites (N-methyl/N-ethyl adjacent to an activating group) is 1. The first kappa shape index (κ1) is 23.0. The molecule has 0 saturated heterocycles. The molecule has 1 amide bonds. The molecule has 0 radical (unpaired) electrons. The molecule has 7 nitrogen and oxygen atoms in total. The number of methoxy groups -OCH3 is 1. The maximum absolute atomic E-state index is 12.1. The number of halogens is 1. The van der Waals surface area contributed by atoms with Gasteiger partial charge in [0, 0.05) is 0 Å². The second-order valence-electron chi connectivity index (χ2n) is 5.56. The average molecular weight is 375 g/mol. The minimum atomic E-state index is -0.963. The number of amides is 1. The number of nitrogens with one attached hydrogen (secondary N) is 1. The van der Waals surface area contributed by atoms with E-state index in [1.54, 1.807) is 20.2 Å². The van der Waals surface area contributed by atoms with E-state index in [4.69, 9.17) is 14.6 Å². The van der Waals surface area contributed by atoms with Gasteiger partial charge in [-0.25, -0.2) is 0 Å². The summed E-state index contributed by atoms with van der Waals surface area (Å²) in [7, 11) is 3.16. The fourth-order valence-corrected chi connectivity index (χ4v) is 2.15. The van der Waals surface area contributed by atoms with Crippen molar-refractivity contribution in [3.63, 3.8) is 0 Å². The standard InChI is InChI=1S/C17H26N2O5.ClH/c1-6-24-14-8-7-13(9-15(14)23-5)11(2)18-16(20)10-19(4)12(3)17(21)22;/h7-9,11-12H,6,10H2,1-5H3,(H,18,20)(H,21,22);1H. The Morgan fingerprint density at radius 2 is 1.92 bits per heavy atom. The molecule has 1 aromatic rings. The first-order valence-electron chi connectivity index (χ1n) is 7.83. The Morgan fingerprint density at radius 1 is 1.28 bits per heavy atom. The molecule has 2 unspecified atom stereocenters. The molecular formula is C17H27ClN2O5. The van der Waals surface area contributed by atoms with Crippen molar-refractivity contribution < 1.29 is 24.2 Å². The SMILES string of the molecule is CCOc1ccc(C(C)NC(=O)CN(C)C(C)C(=O)O)cc1OC.Cl. The van der Waals surface area contributed by atoms with Crippen molar-refractivity contribution in [2.75, 3.05) is 27.3 Å². The molecule has 0 aliphatic carbocycles. The van der Waals surface area contributed by atoms with Crippen molar-refractivity contribution in [2.45, 2.75) is 32.9 Å². The smallest absolute Gasteiger partial charge is 0.320 e. The highest BCUT2D eigenvalue weighted by atomic mass is 35.5. The molecule has 0 fully saturated rings. The van der Waals surface area contributed by atoms with Crippen molar-refractivity contribution in [1.82, 2.24) is 10.2 Å². The second-order valence-corrected chi connectivity index (χ2v) is 5.56. The highest BCUT2D eigenvalue weighted by Crippen LogP contribution is 2.30. The number of carboxylic acids is 1. The lowest BCUT2D eigenvalue weighted by Crippen LogP contribution is -2.43. The molecule has 142 valence electrons. The van der Waals surface area contributed by atoms with E-state index in [9.17, 15) is 9.59 Å². The Hall–Kier alpha value is -1.99. The summed E-state index contributed by atoms with van der Waals surface area (Å²) in [5.41, 5.74) is 0.873.